The van der Waals surface area contributed by atoms with E-state index in [1.807, 2.05) is 11.7 Å². The number of rotatable bonds is 4. The molecule has 0 aromatic carbocycles. The van der Waals surface area contributed by atoms with Gasteiger partial charge in [-0.05, 0) is 27.1 Å². The van der Waals surface area contributed by atoms with E-state index in [1.165, 1.54) is 4.88 Å². The van der Waals surface area contributed by atoms with Crippen molar-refractivity contribution in [3.63, 3.8) is 0 Å². The maximum absolute atomic E-state index is 5.53. The Labute approximate surface area is 77.2 Å². The quantitative estimate of drug-likeness (QED) is 0.763. The van der Waals surface area contributed by atoms with E-state index in [0.717, 1.165) is 13.0 Å². The lowest BCUT2D eigenvalue weighted by Crippen LogP contribution is -2.21. The Hall–Kier alpha value is -0.450. The Morgan fingerprint density at radius 3 is 2.83 bits per heavy atom. The summed E-state index contributed by atoms with van der Waals surface area (Å²) in [7, 11) is 4.14. The zero-order chi connectivity index (χ0) is 8.97. The highest BCUT2D eigenvalue weighted by Gasteiger charge is 2.13. The molecule has 0 radical (unpaired) electrons. The van der Waals surface area contributed by atoms with Gasteiger partial charge < -0.3 is 10.6 Å². The molecule has 0 saturated carbocycles. The van der Waals surface area contributed by atoms with Crippen molar-refractivity contribution in [2.45, 2.75) is 12.5 Å². The van der Waals surface area contributed by atoms with Gasteiger partial charge in [0.25, 0.3) is 0 Å². The number of nitrogens with two attached hydrogens (primary N) is 1. The molecule has 1 atom stereocenters. The third kappa shape index (κ3) is 2.27. The van der Waals surface area contributed by atoms with Crippen LogP contribution < -0.4 is 5.73 Å². The van der Waals surface area contributed by atoms with Crippen molar-refractivity contribution in [2.24, 2.45) is 5.73 Å². The molecule has 1 aromatic rings. The summed E-state index contributed by atoms with van der Waals surface area (Å²) in [6, 6.07) is 0.433. The zero-order valence-electron chi connectivity index (χ0n) is 7.53. The maximum Gasteiger partial charge on any atom is 0.0794 e. The van der Waals surface area contributed by atoms with Crippen LogP contribution in [-0.4, -0.2) is 30.5 Å². The highest BCUT2D eigenvalue weighted by molar-refractivity contribution is 7.09. The predicted molar refractivity (Wildman–Crippen MR) is 52.2 cm³/mol. The van der Waals surface area contributed by atoms with E-state index >= 15 is 0 Å². The second-order valence-corrected chi connectivity index (χ2v) is 3.88. The van der Waals surface area contributed by atoms with Crippen molar-refractivity contribution >= 4 is 11.3 Å². The molecule has 0 aliphatic carbocycles. The molecule has 1 heterocycles. The summed E-state index contributed by atoms with van der Waals surface area (Å²) in [5.74, 6) is 0. The van der Waals surface area contributed by atoms with E-state index in [1.54, 1.807) is 11.3 Å². The lowest BCUT2D eigenvalue weighted by molar-refractivity contribution is 0.291. The van der Waals surface area contributed by atoms with Crippen LogP contribution in [0.5, 0.6) is 0 Å². The van der Waals surface area contributed by atoms with Crippen LogP contribution in [0.2, 0.25) is 0 Å². The first-order valence-corrected chi connectivity index (χ1v) is 4.88. The Morgan fingerprint density at radius 2 is 2.42 bits per heavy atom. The normalized spacial score (nSPS) is 13.7. The third-order valence-corrected chi connectivity index (χ3v) is 2.72. The van der Waals surface area contributed by atoms with Crippen LogP contribution in [0.25, 0.3) is 0 Å². The van der Waals surface area contributed by atoms with Gasteiger partial charge in [-0.2, -0.15) is 0 Å². The largest absolute Gasteiger partial charge is 0.330 e. The molecule has 68 valence electrons. The van der Waals surface area contributed by atoms with Crippen LogP contribution in [0, 0.1) is 0 Å². The van der Waals surface area contributed by atoms with Crippen LogP contribution in [0.15, 0.2) is 11.7 Å². The summed E-state index contributed by atoms with van der Waals surface area (Å²) >= 11 is 1.69. The third-order valence-electron chi connectivity index (χ3n) is 1.84. The average molecular weight is 185 g/mol. The van der Waals surface area contributed by atoms with Crippen LogP contribution >= 0.6 is 11.3 Å². The van der Waals surface area contributed by atoms with E-state index in [9.17, 15) is 0 Å². The lowest BCUT2D eigenvalue weighted by Gasteiger charge is -2.21. The van der Waals surface area contributed by atoms with Gasteiger partial charge in [0.2, 0.25) is 0 Å². The molecule has 0 amide bonds. The molecule has 0 aliphatic heterocycles. The van der Waals surface area contributed by atoms with Gasteiger partial charge in [-0.15, -0.1) is 11.3 Å². The molecule has 12 heavy (non-hydrogen) atoms. The topological polar surface area (TPSA) is 42.1 Å². The van der Waals surface area contributed by atoms with Gasteiger partial charge in [-0.3, -0.25) is 4.98 Å². The van der Waals surface area contributed by atoms with Crippen molar-refractivity contribution in [3.05, 3.63) is 16.6 Å². The first kappa shape index (κ1) is 9.64. The highest BCUT2D eigenvalue weighted by Crippen LogP contribution is 2.23. The van der Waals surface area contributed by atoms with Gasteiger partial charge in [0, 0.05) is 17.1 Å². The number of hydrogen-bond donors (Lipinski definition) is 1. The fourth-order valence-corrected chi connectivity index (χ4v) is 2.05. The summed E-state index contributed by atoms with van der Waals surface area (Å²) < 4.78 is 0. The molecular weight excluding hydrogens is 170 g/mol. The summed E-state index contributed by atoms with van der Waals surface area (Å²) in [6.07, 6.45) is 2.92. The van der Waals surface area contributed by atoms with E-state index in [2.05, 4.69) is 24.0 Å². The molecule has 0 saturated heterocycles. The van der Waals surface area contributed by atoms with E-state index in [0.29, 0.717) is 6.04 Å². The van der Waals surface area contributed by atoms with Crippen LogP contribution in [0.3, 0.4) is 0 Å². The fraction of sp³-hybridized carbons (Fsp3) is 0.625. The van der Waals surface area contributed by atoms with E-state index in [4.69, 9.17) is 5.73 Å². The van der Waals surface area contributed by atoms with Gasteiger partial charge in [-0.1, -0.05) is 0 Å². The Balaban J connectivity index is 2.66. The molecule has 4 heteroatoms. The Bertz CT molecular complexity index is 208. The first-order chi connectivity index (χ1) is 5.75. The van der Waals surface area contributed by atoms with Crippen molar-refractivity contribution < 1.29 is 0 Å². The van der Waals surface area contributed by atoms with Crippen LogP contribution in [0.4, 0.5) is 0 Å². The minimum absolute atomic E-state index is 0.433. The minimum Gasteiger partial charge on any atom is -0.330 e. The smallest absolute Gasteiger partial charge is 0.0794 e. The van der Waals surface area contributed by atoms with Crippen LogP contribution in [0.1, 0.15) is 17.3 Å². The zero-order valence-corrected chi connectivity index (χ0v) is 8.34. The molecule has 1 unspecified atom stereocenters. The maximum atomic E-state index is 5.53. The summed E-state index contributed by atoms with van der Waals surface area (Å²) in [5.41, 5.74) is 7.39. The summed E-state index contributed by atoms with van der Waals surface area (Å²) in [4.78, 5) is 7.54. The highest BCUT2D eigenvalue weighted by atomic mass is 32.1. The fourth-order valence-electron chi connectivity index (χ4n) is 1.20. The van der Waals surface area contributed by atoms with E-state index < -0.39 is 0 Å². The van der Waals surface area contributed by atoms with Crippen LogP contribution in [-0.2, 0) is 0 Å². The molecule has 1 rings (SSSR count). The second-order valence-electron chi connectivity index (χ2n) is 2.96. The molecular formula is C8H15N3S. The number of hydrogen-bond acceptors (Lipinski definition) is 4. The van der Waals surface area contributed by atoms with E-state index in [-0.39, 0.29) is 0 Å². The monoisotopic (exact) mass is 185 g/mol. The SMILES string of the molecule is CN(C)C(CCN)c1cncs1. The molecule has 2 N–H and O–H groups in total. The molecule has 0 fully saturated rings. The Morgan fingerprint density at radius 1 is 1.67 bits per heavy atom. The molecule has 0 bridgehead atoms. The number of aromatic nitrogens is 1. The summed E-state index contributed by atoms with van der Waals surface area (Å²) in [5, 5.41) is 0. The summed E-state index contributed by atoms with van der Waals surface area (Å²) in [6.45, 7) is 0.723. The van der Waals surface area contributed by atoms with Crippen molar-refractivity contribution in [1.29, 1.82) is 0 Å². The van der Waals surface area contributed by atoms with Crippen molar-refractivity contribution in [2.75, 3.05) is 20.6 Å². The minimum atomic E-state index is 0.433. The average Bonchev–Trinajstić information content (AvgIpc) is 2.51. The Kier molecular flexibility index (Phi) is 3.65. The van der Waals surface area contributed by atoms with Gasteiger partial charge in [0.15, 0.2) is 0 Å². The number of nitrogens with zero attached hydrogens (tertiary/aromatic N) is 2. The second kappa shape index (κ2) is 4.54. The molecule has 1 aromatic heterocycles. The van der Waals surface area contributed by atoms with Crippen molar-refractivity contribution in [1.82, 2.24) is 9.88 Å². The predicted octanol–water partition coefficient (Wildman–Crippen LogP) is 1.09. The van der Waals surface area contributed by atoms with Gasteiger partial charge >= 0.3 is 0 Å². The molecule has 0 aliphatic rings. The molecule has 3 nitrogen and oxygen atoms in total. The number of thiazole rings is 1. The van der Waals surface area contributed by atoms with Gasteiger partial charge in [-0.25, -0.2) is 0 Å². The van der Waals surface area contributed by atoms with Gasteiger partial charge in [0.1, 0.15) is 0 Å². The lowest BCUT2D eigenvalue weighted by atomic mass is 10.1. The van der Waals surface area contributed by atoms with Gasteiger partial charge in [0.05, 0.1) is 5.51 Å². The standard InChI is InChI=1S/C8H15N3S/c1-11(2)7(3-4-9)8-5-10-6-12-8/h5-7H,3-4,9H2,1-2H3. The first-order valence-electron chi connectivity index (χ1n) is 4.00. The molecule has 0 spiro atoms. The van der Waals surface area contributed by atoms with Crippen molar-refractivity contribution in [3.8, 4) is 0 Å².